The summed E-state index contributed by atoms with van der Waals surface area (Å²) in [4.78, 5) is 12.9. The molecule has 0 unspecified atom stereocenters. The molecule has 5 rings (SSSR count). The summed E-state index contributed by atoms with van der Waals surface area (Å²) in [5, 5.41) is 12.6. The lowest BCUT2D eigenvalue weighted by molar-refractivity contribution is -0.113. The molecule has 0 atom stereocenters. The molecule has 4 aromatic rings. The number of anilines is 1. The average molecular weight is 568 g/mol. The third kappa shape index (κ3) is 5.63. The van der Waals surface area contributed by atoms with Crippen molar-refractivity contribution in [2.75, 3.05) is 24.2 Å². The number of hydrogen-bond donors (Lipinski definition) is 1. The van der Waals surface area contributed by atoms with Crippen molar-refractivity contribution in [2.24, 2.45) is 0 Å². The van der Waals surface area contributed by atoms with Gasteiger partial charge in [-0.1, -0.05) is 59.8 Å². The van der Waals surface area contributed by atoms with Crippen molar-refractivity contribution < 1.29 is 13.2 Å². The zero-order chi connectivity index (χ0) is 26.7. The van der Waals surface area contributed by atoms with Crippen LogP contribution in [0.25, 0.3) is 17.1 Å². The van der Waals surface area contributed by atoms with E-state index in [0.717, 1.165) is 24.1 Å². The molecular weight excluding hydrogens is 542 g/mol. The Labute approximate surface area is 231 Å². The molecule has 38 heavy (non-hydrogen) atoms. The first-order valence-corrected chi connectivity index (χ1v) is 14.9. The summed E-state index contributed by atoms with van der Waals surface area (Å²) in [6.07, 6.45) is 1.73. The minimum Gasteiger partial charge on any atom is -0.324 e. The van der Waals surface area contributed by atoms with E-state index in [9.17, 15) is 13.2 Å². The third-order valence-corrected chi connectivity index (χ3v) is 9.31. The number of halogens is 1. The number of sulfonamides is 1. The molecule has 11 heteroatoms. The number of carbonyl (C=O) groups excluding carboxylic acids is 1. The number of aryl methyl sites for hydroxylation is 1. The van der Waals surface area contributed by atoms with Crippen molar-refractivity contribution in [2.45, 2.75) is 29.8 Å². The highest BCUT2D eigenvalue weighted by molar-refractivity contribution is 7.99. The van der Waals surface area contributed by atoms with Gasteiger partial charge in [0.1, 0.15) is 0 Å². The van der Waals surface area contributed by atoms with E-state index in [1.54, 1.807) is 30.3 Å². The summed E-state index contributed by atoms with van der Waals surface area (Å²) in [5.74, 6) is 0.334. The molecule has 3 aromatic carbocycles. The quantitative estimate of drug-likeness (QED) is 0.286. The molecule has 0 bridgehead atoms. The van der Waals surface area contributed by atoms with E-state index in [-0.39, 0.29) is 16.6 Å². The number of carbonyl (C=O) groups is 1. The van der Waals surface area contributed by atoms with Crippen molar-refractivity contribution in [1.82, 2.24) is 19.1 Å². The first-order chi connectivity index (χ1) is 18.3. The van der Waals surface area contributed by atoms with Gasteiger partial charge < -0.3 is 5.32 Å². The lowest BCUT2D eigenvalue weighted by Gasteiger charge is -2.16. The van der Waals surface area contributed by atoms with E-state index in [0.29, 0.717) is 40.3 Å². The van der Waals surface area contributed by atoms with Crippen LogP contribution in [0.5, 0.6) is 0 Å². The molecule has 1 amide bonds. The summed E-state index contributed by atoms with van der Waals surface area (Å²) in [6, 6.07) is 21.7. The SMILES string of the molecule is Cc1ccc(NC(=O)CSc2nnc(-c3cccc(S(=O)(=O)N4CCCC4)c3)n2-c2ccccc2)c(Cl)c1. The van der Waals surface area contributed by atoms with Crippen LogP contribution in [0.4, 0.5) is 5.69 Å². The van der Waals surface area contributed by atoms with Crippen LogP contribution in [0.3, 0.4) is 0 Å². The Bertz CT molecular complexity index is 1570. The molecule has 0 radical (unpaired) electrons. The number of thioether (sulfide) groups is 1. The van der Waals surface area contributed by atoms with E-state index >= 15 is 0 Å². The molecule has 196 valence electrons. The highest BCUT2D eigenvalue weighted by Gasteiger charge is 2.28. The number of para-hydroxylation sites is 1. The topological polar surface area (TPSA) is 97.2 Å². The van der Waals surface area contributed by atoms with Crippen LogP contribution in [0.1, 0.15) is 18.4 Å². The molecule has 1 saturated heterocycles. The van der Waals surface area contributed by atoms with E-state index in [1.807, 2.05) is 54.0 Å². The van der Waals surface area contributed by atoms with E-state index < -0.39 is 10.0 Å². The Kier molecular flexibility index (Phi) is 7.85. The van der Waals surface area contributed by atoms with Gasteiger partial charge in [-0.15, -0.1) is 10.2 Å². The third-order valence-electron chi connectivity index (χ3n) is 6.17. The van der Waals surface area contributed by atoms with Crippen molar-refractivity contribution in [3.8, 4) is 17.1 Å². The highest BCUT2D eigenvalue weighted by atomic mass is 35.5. The maximum Gasteiger partial charge on any atom is 0.243 e. The van der Waals surface area contributed by atoms with Gasteiger partial charge in [0, 0.05) is 24.3 Å². The lowest BCUT2D eigenvalue weighted by atomic mass is 10.2. The van der Waals surface area contributed by atoms with Crippen LogP contribution < -0.4 is 5.32 Å². The first kappa shape index (κ1) is 26.4. The molecule has 0 spiro atoms. The van der Waals surface area contributed by atoms with Gasteiger partial charge in [-0.2, -0.15) is 4.31 Å². The number of nitrogens with zero attached hydrogens (tertiary/aromatic N) is 4. The Hall–Kier alpha value is -3.18. The Morgan fingerprint density at radius 2 is 1.76 bits per heavy atom. The number of nitrogens with one attached hydrogen (secondary N) is 1. The number of amides is 1. The normalized spacial score (nSPS) is 14.1. The second-order valence-corrected chi connectivity index (χ2v) is 12.2. The molecule has 8 nitrogen and oxygen atoms in total. The minimum absolute atomic E-state index is 0.0819. The molecule has 1 N–H and O–H groups in total. The fraction of sp³-hybridized carbons (Fsp3) is 0.222. The fourth-order valence-electron chi connectivity index (χ4n) is 4.27. The monoisotopic (exact) mass is 567 g/mol. The van der Waals surface area contributed by atoms with Gasteiger partial charge >= 0.3 is 0 Å². The minimum atomic E-state index is -3.59. The molecular formula is C27H26ClN5O3S2. The maximum absolute atomic E-state index is 13.2. The molecule has 2 heterocycles. The van der Waals surface area contributed by atoms with E-state index in [2.05, 4.69) is 15.5 Å². The Morgan fingerprint density at radius 1 is 1.00 bits per heavy atom. The Balaban J connectivity index is 1.44. The van der Waals surface area contributed by atoms with Crippen LogP contribution in [-0.2, 0) is 14.8 Å². The van der Waals surface area contributed by atoms with Gasteiger partial charge in [0.05, 0.1) is 21.4 Å². The van der Waals surface area contributed by atoms with Gasteiger partial charge in [-0.25, -0.2) is 8.42 Å². The van der Waals surface area contributed by atoms with Crippen molar-refractivity contribution in [3.63, 3.8) is 0 Å². The predicted molar refractivity (Wildman–Crippen MR) is 150 cm³/mol. The van der Waals surface area contributed by atoms with Crippen LogP contribution in [0, 0.1) is 6.92 Å². The molecule has 1 fully saturated rings. The fourth-order valence-corrected chi connectivity index (χ4v) is 6.87. The largest absolute Gasteiger partial charge is 0.324 e. The smallest absolute Gasteiger partial charge is 0.243 e. The molecule has 1 aliphatic rings. The number of aromatic nitrogens is 3. The van der Waals surface area contributed by atoms with Gasteiger partial charge in [0.2, 0.25) is 15.9 Å². The van der Waals surface area contributed by atoms with Crippen LogP contribution >= 0.6 is 23.4 Å². The second kappa shape index (κ2) is 11.3. The standard InChI is InChI=1S/C27H26ClN5O3S2/c1-19-12-13-24(23(28)16-19)29-25(34)18-37-27-31-30-26(33(27)21-9-3-2-4-10-21)20-8-7-11-22(17-20)38(35,36)32-14-5-6-15-32/h2-4,7-13,16-17H,5-6,14-15,18H2,1H3,(H,29,34). The van der Waals surface area contributed by atoms with Gasteiger partial charge in [-0.05, 0) is 61.7 Å². The summed E-state index contributed by atoms with van der Waals surface area (Å²) in [5.41, 5.74) is 2.96. The van der Waals surface area contributed by atoms with Crippen molar-refractivity contribution in [3.05, 3.63) is 83.4 Å². The van der Waals surface area contributed by atoms with Gasteiger partial charge in [0.25, 0.3) is 0 Å². The zero-order valence-corrected chi connectivity index (χ0v) is 23.1. The number of benzene rings is 3. The van der Waals surface area contributed by atoms with Crippen LogP contribution in [0.15, 0.2) is 82.8 Å². The van der Waals surface area contributed by atoms with Crippen LogP contribution in [-0.4, -0.2) is 52.2 Å². The molecule has 1 aliphatic heterocycles. The first-order valence-electron chi connectivity index (χ1n) is 12.1. The Morgan fingerprint density at radius 3 is 2.50 bits per heavy atom. The lowest BCUT2D eigenvalue weighted by Crippen LogP contribution is -2.27. The summed E-state index contributed by atoms with van der Waals surface area (Å²) >= 11 is 7.49. The van der Waals surface area contributed by atoms with E-state index in [4.69, 9.17) is 11.6 Å². The zero-order valence-electron chi connectivity index (χ0n) is 20.7. The summed E-state index contributed by atoms with van der Waals surface area (Å²) < 4.78 is 29.7. The number of rotatable bonds is 8. The van der Waals surface area contributed by atoms with Crippen molar-refractivity contribution >= 4 is 45.0 Å². The molecule has 0 saturated carbocycles. The number of hydrogen-bond acceptors (Lipinski definition) is 6. The predicted octanol–water partition coefficient (Wildman–Crippen LogP) is 5.41. The van der Waals surface area contributed by atoms with E-state index in [1.165, 1.54) is 16.1 Å². The highest BCUT2D eigenvalue weighted by Crippen LogP contribution is 2.31. The molecule has 0 aliphatic carbocycles. The maximum atomic E-state index is 13.2. The van der Waals surface area contributed by atoms with Crippen molar-refractivity contribution in [1.29, 1.82) is 0 Å². The summed E-state index contributed by atoms with van der Waals surface area (Å²) in [7, 11) is -3.59. The molecule has 1 aromatic heterocycles. The summed E-state index contributed by atoms with van der Waals surface area (Å²) in [6.45, 7) is 2.99. The van der Waals surface area contributed by atoms with Crippen LogP contribution in [0.2, 0.25) is 5.02 Å². The second-order valence-electron chi connectivity index (χ2n) is 8.94. The van der Waals surface area contributed by atoms with Gasteiger partial charge in [-0.3, -0.25) is 9.36 Å². The van der Waals surface area contributed by atoms with Gasteiger partial charge in [0.15, 0.2) is 11.0 Å². The average Bonchev–Trinajstić information content (AvgIpc) is 3.61.